The van der Waals surface area contributed by atoms with E-state index in [4.69, 9.17) is 15.2 Å². The van der Waals surface area contributed by atoms with Gasteiger partial charge >= 0.3 is 0 Å². The van der Waals surface area contributed by atoms with Crippen LogP contribution in [0.3, 0.4) is 0 Å². The van der Waals surface area contributed by atoms with Crippen molar-refractivity contribution < 1.29 is 9.47 Å². The van der Waals surface area contributed by atoms with Crippen LogP contribution in [0.5, 0.6) is 11.5 Å². The SMILES string of the molecule is COc1ccc2c(c1)C(N)CC(c1cncn1C1CC1)O2. The summed E-state index contributed by atoms with van der Waals surface area (Å²) in [6.45, 7) is 0. The number of hydrogen-bond acceptors (Lipinski definition) is 4. The Labute approximate surface area is 123 Å². The Hall–Kier alpha value is -2.01. The number of ether oxygens (including phenoxy) is 2. The summed E-state index contributed by atoms with van der Waals surface area (Å²) in [7, 11) is 1.66. The van der Waals surface area contributed by atoms with Crippen molar-refractivity contribution in [1.82, 2.24) is 9.55 Å². The number of fused-ring (bicyclic) bond motifs is 1. The van der Waals surface area contributed by atoms with E-state index in [-0.39, 0.29) is 12.1 Å². The van der Waals surface area contributed by atoms with Crippen molar-refractivity contribution in [2.45, 2.75) is 37.5 Å². The summed E-state index contributed by atoms with van der Waals surface area (Å²) in [5.74, 6) is 1.66. The molecule has 0 radical (unpaired) electrons. The molecule has 1 saturated carbocycles. The molecule has 2 atom stereocenters. The van der Waals surface area contributed by atoms with Gasteiger partial charge in [0.1, 0.15) is 17.6 Å². The van der Waals surface area contributed by atoms with Gasteiger partial charge in [0.2, 0.25) is 0 Å². The van der Waals surface area contributed by atoms with E-state index in [9.17, 15) is 0 Å². The summed E-state index contributed by atoms with van der Waals surface area (Å²) in [6.07, 6.45) is 7.02. The van der Waals surface area contributed by atoms with E-state index in [1.54, 1.807) is 7.11 Å². The van der Waals surface area contributed by atoms with Crippen molar-refractivity contribution in [2.75, 3.05) is 7.11 Å². The highest BCUT2D eigenvalue weighted by Crippen LogP contribution is 2.43. The molecule has 5 nitrogen and oxygen atoms in total. The molecule has 21 heavy (non-hydrogen) atoms. The second-order valence-electron chi connectivity index (χ2n) is 5.81. The summed E-state index contributed by atoms with van der Waals surface area (Å²) in [5, 5.41) is 0. The van der Waals surface area contributed by atoms with Gasteiger partial charge in [-0.2, -0.15) is 0 Å². The Morgan fingerprint density at radius 2 is 2.24 bits per heavy atom. The first-order chi connectivity index (χ1) is 10.3. The average molecular weight is 285 g/mol. The van der Waals surface area contributed by atoms with Crippen molar-refractivity contribution >= 4 is 0 Å². The fourth-order valence-corrected chi connectivity index (χ4v) is 3.01. The molecule has 2 aliphatic rings. The molecular weight excluding hydrogens is 266 g/mol. The van der Waals surface area contributed by atoms with Gasteiger partial charge in [0, 0.05) is 24.1 Å². The number of benzene rings is 1. The lowest BCUT2D eigenvalue weighted by atomic mass is 9.95. The highest BCUT2D eigenvalue weighted by molar-refractivity contribution is 5.44. The topological polar surface area (TPSA) is 62.3 Å². The monoisotopic (exact) mass is 285 g/mol. The first kappa shape index (κ1) is 12.7. The van der Waals surface area contributed by atoms with Crippen molar-refractivity contribution in [3.05, 3.63) is 42.0 Å². The molecule has 1 aromatic heterocycles. The molecule has 2 N–H and O–H groups in total. The molecule has 2 unspecified atom stereocenters. The minimum Gasteiger partial charge on any atom is -0.497 e. The standard InChI is InChI=1S/C16H19N3O2/c1-20-11-4-5-15-12(6-11)13(17)7-16(21-15)14-8-18-9-19(14)10-2-3-10/h4-6,8-10,13,16H,2-3,7,17H2,1H3. The third kappa shape index (κ3) is 2.17. The second-order valence-corrected chi connectivity index (χ2v) is 5.81. The molecule has 0 spiro atoms. The number of methoxy groups -OCH3 is 1. The molecule has 0 bridgehead atoms. The minimum absolute atomic E-state index is 0.0241. The van der Waals surface area contributed by atoms with Crippen LogP contribution >= 0.6 is 0 Å². The average Bonchev–Trinajstić information content (AvgIpc) is 3.24. The summed E-state index contributed by atoms with van der Waals surface area (Å²) >= 11 is 0. The molecular formula is C16H19N3O2. The van der Waals surface area contributed by atoms with Crippen LogP contribution in [-0.4, -0.2) is 16.7 Å². The number of imidazole rings is 1. The molecule has 1 aliphatic carbocycles. The highest BCUT2D eigenvalue weighted by Gasteiger charge is 2.33. The first-order valence-electron chi connectivity index (χ1n) is 7.38. The Bertz CT molecular complexity index is 663. The lowest BCUT2D eigenvalue weighted by Crippen LogP contribution is -2.25. The van der Waals surface area contributed by atoms with E-state index >= 15 is 0 Å². The lowest BCUT2D eigenvalue weighted by Gasteiger charge is -2.31. The number of rotatable bonds is 3. The van der Waals surface area contributed by atoms with Crippen LogP contribution < -0.4 is 15.2 Å². The van der Waals surface area contributed by atoms with Crippen molar-refractivity contribution in [3.63, 3.8) is 0 Å². The predicted molar refractivity (Wildman–Crippen MR) is 78.4 cm³/mol. The van der Waals surface area contributed by atoms with E-state index in [2.05, 4.69) is 9.55 Å². The van der Waals surface area contributed by atoms with Gasteiger partial charge in [-0.15, -0.1) is 0 Å². The summed E-state index contributed by atoms with van der Waals surface area (Å²) in [5.41, 5.74) is 8.49. The van der Waals surface area contributed by atoms with Gasteiger partial charge in [-0.3, -0.25) is 0 Å². The molecule has 5 heteroatoms. The lowest BCUT2D eigenvalue weighted by molar-refractivity contribution is 0.152. The van der Waals surface area contributed by atoms with E-state index in [0.717, 1.165) is 29.2 Å². The molecule has 1 fully saturated rings. The normalized spacial score (nSPS) is 24.3. The Morgan fingerprint density at radius 3 is 3.00 bits per heavy atom. The van der Waals surface area contributed by atoms with E-state index in [0.29, 0.717) is 6.04 Å². The maximum atomic E-state index is 6.34. The maximum absolute atomic E-state index is 6.34. The largest absolute Gasteiger partial charge is 0.497 e. The van der Waals surface area contributed by atoms with Gasteiger partial charge in [0.25, 0.3) is 0 Å². The third-order valence-corrected chi connectivity index (χ3v) is 4.32. The minimum atomic E-state index is -0.0450. The van der Waals surface area contributed by atoms with Gasteiger partial charge in [-0.1, -0.05) is 0 Å². The van der Waals surface area contributed by atoms with E-state index in [1.807, 2.05) is 30.7 Å². The van der Waals surface area contributed by atoms with E-state index < -0.39 is 0 Å². The maximum Gasteiger partial charge on any atom is 0.142 e. The summed E-state index contributed by atoms with van der Waals surface area (Å²) < 4.78 is 13.7. The zero-order chi connectivity index (χ0) is 14.4. The van der Waals surface area contributed by atoms with Crippen LogP contribution in [0.15, 0.2) is 30.7 Å². The van der Waals surface area contributed by atoms with Crippen LogP contribution in [0.1, 0.15) is 48.7 Å². The zero-order valence-electron chi connectivity index (χ0n) is 12.0. The molecule has 1 aromatic carbocycles. The van der Waals surface area contributed by atoms with Crippen LogP contribution in [0.2, 0.25) is 0 Å². The molecule has 1 aliphatic heterocycles. The number of hydrogen-bond donors (Lipinski definition) is 1. The van der Waals surface area contributed by atoms with Crippen LogP contribution in [-0.2, 0) is 0 Å². The smallest absolute Gasteiger partial charge is 0.142 e. The number of nitrogens with zero attached hydrogens (tertiary/aromatic N) is 2. The molecule has 0 saturated heterocycles. The number of nitrogens with two attached hydrogens (primary N) is 1. The quantitative estimate of drug-likeness (QED) is 0.942. The Kier molecular flexibility index (Phi) is 2.89. The van der Waals surface area contributed by atoms with Crippen LogP contribution in [0.25, 0.3) is 0 Å². The first-order valence-corrected chi connectivity index (χ1v) is 7.38. The van der Waals surface area contributed by atoms with Gasteiger partial charge in [-0.05, 0) is 31.0 Å². The van der Waals surface area contributed by atoms with Crippen LogP contribution in [0, 0.1) is 0 Å². The number of aromatic nitrogens is 2. The van der Waals surface area contributed by atoms with Crippen LogP contribution in [0.4, 0.5) is 0 Å². The van der Waals surface area contributed by atoms with E-state index in [1.165, 1.54) is 12.8 Å². The fraction of sp³-hybridized carbons (Fsp3) is 0.438. The summed E-state index contributed by atoms with van der Waals surface area (Å²) in [6, 6.07) is 6.37. The highest BCUT2D eigenvalue weighted by atomic mass is 16.5. The molecule has 0 amide bonds. The Balaban J connectivity index is 1.66. The van der Waals surface area contributed by atoms with Crippen molar-refractivity contribution in [2.24, 2.45) is 5.73 Å². The predicted octanol–water partition coefficient (Wildman–Crippen LogP) is 2.75. The molecule has 2 heterocycles. The summed E-state index contributed by atoms with van der Waals surface area (Å²) in [4.78, 5) is 4.29. The van der Waals surface area contributed by atoms with Crippen molar-refractivity contribution in [1.29, 1.82) is 0 Å². The molecule has 110 valence electrons. The van der Waals surface area contributed by atoms with Gasteiger partial charge in [-0.25, -0.2) is 4.98 Å². The Morgan fingerprint density at radius 1 is 1.38 bits per heavy atom. The van der Waals surface area contributed by atoms with Gasteiger partial charge in [0.15, 0.2) is 0 Å². The molecule has 2 aromatic rings. The second kappa shape index (κ2) is 4.77. The zero-order valence-corrected chi connectivity index (χ0v) is 12.0. The van der Waals surface area contributed by atoms with Crippen molar-refractivity contribution in [3.8, 4) is 11.5 Å². The third-order valence-electron chi connectivity index (χ3n) is 4.32. The fourth-order valence-electron chi connectivity index (χ4n) is 3.01. The van der Waals surface area contributed by atoms with Gasteiger partial charge in [0.05, 0.1) is 25.3 Å². The van der Waals surface area contributed by atoms with Gasteiger partial charge < -0.3 is 19.8 Å². The molecule has 4 rings (SSSR count).